The van der Waals surface area contributed by atoms with Crippen LogP contribution in [0.25, 0.3) is 0 Å². The molecule has 1 rings (SSSR count). The lowest BCUT2D eigenvalue weighted by Crippen LogP contribution is -1.70. The van der Waals surface area contributed by atoms with Crippen molar-refractivity contribution in [2.45, 2.75) is 6.68 Å². The summed E-state index contributed by atoms with van der Waals surface area (Å²) in [5, 5.41) is 0. The van der Waals surface area contributed by atoms with E-state index >= 15 is 0 Å². The topological polar surface area (TPSA) is 0 Å². The van der Waals surface area contributed by atoms with Crippen LogP contribution >= 0.6 is 15.9 Å². The fourth-order valence-electron chi connectivity index (χ4n) is 0.439. The predicted molar refractivity (Wildman–Crippen MR) is 41.2 cm³/mol. The average Bonchev–Trinajstić information content (AvgIpc) is 1.94. The molecule has 0 aliphatic rings. The zero-order valence-corrected chi connectivity index (χ0v) is 7.36. The van der Waals surface area contributed by atoms with E-state index in [-0.39, 0.29) is 5.82 Å². The second kappa shape index (κ2) is 5.99. The van der Waals surface area contributed by atoms with Gasteiger partial charge in [0.15, 0.2) is 0 Å². The lowest BCUT2D eigenvalue weighted by Gasteiger charge is -1.87. The summed E-state index contributed by atoms with van der Waals surface area (Å²) in [6, 6.07) is 6.49. The molecule has 0 N–H and O–H groups in total. The molecule has 1 aromatic rings. The maximum Gasteiger partial charge on any atom is 0.379 e. The molecule has 0 fully saturated rings. The molecule has 0 aliphatic heterocycles. The van der Waals surface area contributed by atoms with Crippen LogP contribution in [0, 0.1) is 5.82 Å². The summed E-state index contributed by atoms with van der Waals surface area (Å²) in [5.74, 6) is -0.215. The highest BCUT2D eigenvalue weighted by Gasteiger charge is 1.90. The van der Waals surface area contributed by atoms with Crippen LogP contribution in [0.1, 0.15) is 0 Å². The first kappa shape index (κ1) is 11.4. The molecule has 0 amide bonds. The van der Waals surface area contributed by atoms with Gasteiger partial charge < -0.3 is 0 Å². The Morgan fingerprint density at radius 1 is 1.08 bits per heavy atom. The van der Waals surface area contributed by atoms with Crippen molar-refractivity contribution in [1.82, 2.24) is 0 Å². The minimum absolute atomic E-state index is 0.215. The van der Waals surface area contributed by atoms with Gasteiger partial charge in [-0.15, -0.1) is 0 Å². The third kappa shape index (κ3) is 6.15. The third-order valence-corrected chi connectivity index (χ3v) is 1.47. The highest BCUT2D eigenvalue weighted by molar-refractivity contribution is 9.10. The number of rotatable bonds is 0. The van der Waals surface area contributed by atoms with E-state index in [1.54, 1.807) is 18.2 Å². The first-order valence-electron chi connectivity index (χ1n) is 2.86. The van der Waals surface area contributed by atoms with Crippen molar-refractivity contribution in [3.05, 3.63) is 34.6 Å². The first-order chi connectivity index (χ1) is 5.54. The van der Waals surface area contributed by atoms with Crippen LogP contribution in [-0.4, -0.2) is 6.68 Å². The largest absolute Gasteiger partial charge is 0.379 e. The molecular formula is C7H5BrF4. The fourth-order valence-corrected chi connectivity index (χ4v) is 0.724. The van der Waals surface area contributed by atoms with Gasteiger partial charge in [-0.3, -0.25) is 0 Å². The van der Waals surface area contributed by atoms with Gasteiger partial charge >= 0.3 is 6.68 Å². The van der Waals surface area contributed by atoms with E-state index < -0.39 is 6.68 Å². The highest BCUT2D eigenvalue weighted by Crippen LogP contribution is 2.12. The van der Waals surface area contributed by atoms with Crippen LogP contribution < -0.4 is 0 Å². The number of benzene rings is 1. The van der Waals surface area contributed by atoms with Crippen LogP contribution in [0.2, 0.25) is 0 Å². The smallest absolute Gasteiger partial charge is 0.206 e. The molecule has 5 heteroatoms. The zero-order valence-electron chi connectivity index (χ0n) is 5.78. The Balaban J connectivity index is 0.000000261. The number of hydrogen-bond acceptors (Lipinski definition) is 0. The molecule has 0 saturated heterocycles. The second-order valence-electron chi connectivity index (χ2n) is 1.66. The van der Waals surface area contributed by atoms with Gasteiger partial charge in [-0.1, -0.05) is 12.1 Å². The van der Waals surface area contributed by atoms with Gasteiger partial charge in [0, 0.05) is 0 Å². The second-order valence-corrected chi connectivity index (χ2v) is 2.52. The van der Waals surface area contributed by atoms with Crippen LogP contribution in [0.4, 0.5) is 17.6 Å². The number of hydrogen-bond donors (Lipinski definition) is 0. The molecule has 0 aromatic heterocycles. The maximum absolute atomic E-state index is 12.3. The Hall–Kier alpha value is -0.580. The molecule has 12 heavy (non-hydrogen) atoms. The molecule has 0 unspecified atom stereocenters. The average molecular weight is 245 g/mol. The van der Waals surface area contributed by atoms with Crippen molar-refractivity contribution < 1.29 is 17.6 Å². The van der Waals surface area contributed by atoms with Gasteiger partial charge in [0.25, 0.3) is 0 Å². The molecule has 0 spiro atoms. The Kier molecular flexibility index (Phi) is 5.70. The summed E-state index contributed by atoms with van der Waals surface area (Å²) < 4.78 is 41.8. The molecule has 0 nitrogen and oxygen atoms in total. The van der Waals surface area contributed by atoms with E-state index in [0.29, 0.717) is 4.47 Å². The quantitative estimate of drug-likeness (QED) is 0.610. The monoisotopic (exact) mass is 244 g/mol. The van der Waals surface area contributed by atoms with Gasteiger partial charge in [0.05, 0.1) is 4.47 Å². The molecule has 0 atom stereocenters. The Labute approximate surface area is 75.3 Å². The molecule has 0 saturated carbocycles. The van der Waals surface area contributed by atoms with Crippen LogP contribution in [0.5, 0.6) is 0 Å². The molecule has 0 radical (unpaired) electrons. The summed E-state index contributed by atoms with van der Waals surface area (Å²) in [4.78, 5) is 0. The first-order valence-corrected chi connectivity index (χ1v) is 3.65. The molecule has 68 valence electrons. The standard InChI is InChI=1S/C6H4BrF.CHF3/c7-5-3-1-2-4-6(5)8;2-1(3)4/h1-4H;1H. The number of halogens is 5. The van der Waals surface area contributed by atoms with Crippen molar-refractivity contribution in [3.8, 4) is 0 Å². The lowest BCUT2D eigenvalue weighted by atomic mass is 10.4. The summed E-state index contributed by atoms with van der Waals surface area (Å²) in [6.45, 7) is -3.67. The van der Waals surface area contributed by atoms with Gasteiger partial charge in [0.2, 0.25) is 0 Å². The zero-order chi connectivity index (χ0) is 9.56. The molecule has 1 aromatic carbocycles. The Bertz CT molecular complexity index is 203. The highest BCUT2D eigenvalue weighted by atomic mass is 79.9. The van der Waals surface area contributed by atoms with Crippen molar-refractivity contribution in [2.24, 2.45) is 0 Å². The van der Waals surface area contributed by atoms with Gasteiger partial charge in [-0.05, 0) is 28.1 Å². The summed E-state index contributed by atoms with van der Waals surface area (Å²) in [6.07, 6.45) is 0. The van der Waals surface area contributed by atoms with Crippen LogP contribution in [0.15, 0.2) is 28.7 Å². The fraction of sp³-hybridized carbons (Fsp3) is 0.143. The van der Waals surface area contributed by atoms with E-state index in [2.05, 4.69) is 15.9 Å². The van der Waals surface area contributed by atoms with E-state index in [1.165, 1.54) is 6.07 Å². The van der Waals surface area contributed by atoms with Crippen LogP contribution in [0.3, 0.4) is 0 Å². The normalized spacial score (nSPS) is 9.17. The molecule has 0 heterocycles. The predicted octanol–water partition coefficient (Wildman–Crippen LogP) is 3.77. The molecule has 0 aliphatic carbocycles. The maximum atomic E-state index is 12.3. The van der Waals surface area contributed by atoms with E-state index in [1.807, 2.05) is 0 Å². The van der Waals surface area contributed by atoms with Crippen molar-refractivity contribution >= 4 is 15.9 Å². The van der Waals surface area contributed by atoms with E-state index in [0.717, 1.165) is 0 Å². The molecule has 0 bridgehead atoms. The SMILES string of the molecule is FC(F)F.Fc1ccccc1Br. The van der Waals surface area contributed by atoms with E-state index in [4.69, 9.17) is 0 Å². The van der Waals surface area contributed by atoms with Crippen LogP contribution in [-0.2, 0) is 0 Å². The Morgan fingerprint density at radius 2 is 1.50 bits per heavy atom. The van der Waals surface area contributed by atoms with E-state index in [9.17, 15) is 17.6 Å². The lowest BCUT2D eigenvalue weighted by molar-refractivity contribution is 0.00819. The number of alkyl halides is 3. The summed E-state index contributed by atoms with van der Waals surface area (Å²) in [5.41, 5.74) is 0. The van der Waals surface area contributed by atoms with Gasteiger partial charge in [-0.2, -0.15) is 13.2 Å². The Morgan fingerprint density at radius 3 is 1.75 bits per heavy atom. The van der Waals surface area contributed by atoms with Gasteiger partial charge in [-0.25, -0.2) is 4.39 Å². The summed E-state index contributed by atoms with van der Waals surface area (Å²) >= 11 is 3.02. The summed E-state index contributed by atoms with van der Waals surface area (Å²) in [7, 11) is 0. The van der Waals surface area contributed by atoms with Gasteiger partial charge in [0.1, 0.15) is 5.82 Å². The van der Waals surface area contributed by atoms with Crippen molar-refractivity contribution in [2.75, 3.05) is 0 Å². The minimum atomic E-state index is -3.67. The molecular weight excluding hydrogens is 240 g/mol. The minimum Gasteiger partial charge on any atom is -0.206 e. The van der Waals surface area contributed by atoms with Crippen molar-refractivity contribution in [3.63, 3.8) is 0 Å². The van der Waals surface area contributed by atoms with Crippen molar-refractivity contribution in [1.29, 1.82) is 0 Å². The third-order valence-electron chi connectivity index (χ3n) is 0.824.